The number of carbonyl (C=O) groups excluding carboxylic acids is 3. The number of carboxylic acid groups (broad SMARTS) is 1. The lowest BCUT2D eigenvalue weighted by Gasteiger charge is -2.19. The molecular weight excluding hydrogens is 831 g/mol. The number of hydrogen-bond donors (Lipinski definition) is 2. The summed E-state index contributed by atoms with van der Waals surface area (Å²) in [6.45, 7) is 6.74. The van der Waals surface area contributed by atoms with Crippen LogP contribution in [0.3, 0.4) is 0 Å². The molecule has 0 radical (unpaired) electrons. The molecule has 0 fully saturated rings. The number of rotatable bonds is 53. The van der Waals surface area contributed by atoms with Gasteiger partial charge in [-0.1, -0.05) is 265 Å². The van der Waals surface area contributed by atoms with Crippen LogP contribution < -0.4 is 5.32 Å². The van der Waals surface area contributed by atoms with Gasteiger partial charge in [0.1, 0.15) is 18.8 Å². The van der Waals surface area contributed by atoms with Gasteiger partial charge in [0.25, 0.3) is 0 Å². The highest BCUT2D eigenvalue weighted by atomic mass is 32.2. The third kappa shape index (κ3) is 48.5. The predicted octanol–water partition coefficient (Wildman–Crippen LogP) is 17.0. The lowest BCUT2D eigenvalue weighted by Crippen LogP contribution is -2.42. The Morgan fingerprint density at radius 2 is 0.692 bits per heavy atom. The average Bonchev–Trinajstić information content (AvgIpc) is 3.29. The van der Waals surface area contributed by atoms with Gasteiger partial charge in [-0.15, -0.1) is 0 Å². The molecule has 0 aromatic carbocycles. The normalized spacial score (nSPS) is 12.3. The summed E-state index contributed by atoms with van der Waals surface area (Å²) in [6, 6.07) is -1.04. The Morgan fingerprint density at radius 1 is 0.400 bits per heavy atom. The Hall–Kier alpha value is -1.77. The van der Waals surface area contributed by atoms with E-state index < -0.39 is 18.1 Å². The fourth-order valence-corrected chi connectivity index (χ4v) is 9.63. The Balaban J connectivity index is 4.56. The SMILES string of the molecule is CCCCCCCCCCCCCCCCCC(=O)N[C@@H](CSC[C@@H](COC(=O)CCCCCCCCCCCCCCC)OC(=O)CCCCCCCCCCCCCCC)C(=O)O. The zero-order valence-electron chi connectivity index (χ0n) is 43.2. The molecule has 0 aliphatic carbocycles. The molecule has 0 saturated carbocycles. The summed E-state index contributed by atoms with van der Waals surface area (Å²) in [5.74, 6) is -1.49. The number of thioether (sulfide) groups is 1. The monoisotopic (exact) mass is 938 g/mol. The van der Waals surface area contributed by atoms with Gasteiger partial charge in [-0.25, -0.2) is 4.79 Å². The zero-order valence-corrected chi connectivity index (χ0v) is 44.0. The fourth-order valence-electron chi connectivity index (χ4n) is 8.61. The number of nitrogens with one attached hydrogen (secondary N) is 1. The molecule has 0 aliphatic heterocycles. The fraction of sp³-hybridized carbons (Fsp3) is 0.929. The van der Waals surface area contributed by atoms with Gasteiger partial charge in [0.05, 0.1) is 0 Å². The molecule has 0 rings (SSSR count). The Kier molecular flexibility index (Phi) is 50.2. The van der Waals surface area contributed by atoms with E-state index in [4.69, 9.17) is 9.47 Å². The highest BCUT2D eigenvalue weighted by Crippen LogP contribution is 2.18. The minimum absolute atomic E-state index is 0.0437. The molecule has 8 nitrogen and oxygen atoms in total. The van der Waals surface area contributed by atoms with Crippen molar-refractivity contribution in [2.24, 2.45) is 0 Å². The van der Waals surface area contributed by atoms with E-state index in [0.717, 1.165) is 57.8 Å². The number of amides is 1. The third-order valence-electron chi connectivity index (χ3n) is 12.9. The van der Waals surface area contributed by atoms with E-state index in [0.29, 0.717) is 19.3 Å². The number of unbranched alkanes of at least 4 members (excludes halogenated alkanes) is 38. The first-order chi connectivity index (χ1) is 31.8. The van der Waals surface area contributed by atoms with Crippen LogP contribution in [0.1, 0.15) is 303 Å². The third-order valence-corrected chi connectivity index (χ3v) is 14.1. The van der Waals surface area contributed by atoms with Gasteiger partial charge >= 0.3 is 17.9 Å². The van der Waals surface area contributed by atoms with Crippen molar-refractivity contribution < 1.29 is 33.8 Å². The molecule has 2 N–H and O–H groups in total. The summed E-state index contributed by atoms with van der Waals surface area (Å²) >= 11 is 1.30. The average molecular weight is 939 g/mol. The highest BCUT2D eigenvalue weighted by Gasteiger charge is 2.23. The largest absolute Gasteiger partial charge is 0.480 e. The van der Waals surface area contributed by atoms with Crippen molar-refractivity contribution in [2.45, 2.75) is 315 Å². The number of esters is 2. The summed E-state index contributed by atoms with van der Waals surface area (Å²) in [7, 11) is 0. The molecule has 0 bridgehead atoms. The van der Waals surface area contributed by atoms with Gasteiger partial charge in [-0.3, -0.25) is 14.4 Å². The summed E-state index contributed by atoms with van der Waals surface area (Å²) in [4.78, 5) is 50.4. The Bertz CT molecular complexity index is 1060. The van der Waals surface area contributed by atoms with Crippen LogP contribution in [0.15, 0.2) is 0 Å². The standard InChI is InChI=1S/C56H107NO7S/c1-4-7-10-13-16-19-22-25-26-29-30-33-36-39-42-45-53(58)57-52(56(61)62)50-65-49-51(64-55(60)47-44-41-38-35-32-28-24-21-18-15-12-9-6-3)48-63-54(59)46-43-40-37-34-31-27-23-20-17-14-11-8-5-2/h51-52H,4-50H2,1-3H3,(H,57,58)(H,61,62)/t51-,52+/m1/s1. The van der Waals surface area contributed by atoms with Crippen molar-refractivity contribution in [3.8, 4) is 0 Å². The van der Waals surface area contributed by atoms with E-state index in [1.54, 1.807) is 0 Å². The van der Waals surface area contributed by atoms with Crippen LogP contribution in [0.25, 0.3) is 0 Å². The molecular formula is C56H107NO7S. The topological polar surface area (TPSA) is 119 Å². The number of carbonyl (C=O) groups is 4. The van der Waals surface area contributed by atoms with Crippen LogP contribution >= 0.6 is 11.8 Å². The summed E-state index contributed by atoms with van der Waals surface area (Å²) in [5, 5.41) is 12.6. The molecule has 2 atom stereocenters. The minimum Gasteiger partial charge on any atom is -0.480 e. The van der Waals surface area contributed by atoms with E-state index >= 15 is 0 Å². The molecule has 0 aliphatic rings. The van der Waals surface area contributed by atoms with Crippen molar-refractivity contribution in [3.63, 3.8) is 0 Å². The van der Waals surface area contributed by atoms with E-state index in [9.17, 15) is 24.3 Å². The molecule has 1 amide bonds. The molecule has 65 heavy (non-hydrogen) atoms. The van der Waals surface area contributed by atoms with E-state index in [-0.39, 0.29) is 36.0 Å². The van der Waals surface area contributed by atoms with Gasteiger partial charge in [0.15, 0.2) is 0 Å². The number of hydrogen-bond acceptors (Lipinski definition) is 7. The Labute approximate surface area is 406 Å². The highest BCUT2D eigenvalue weighted by molar-refractivity contribution is 7.99. The molecule has 0 aromatic rings. The lowest BCUT2D eigenvalue weighted by molar-refractivity contribution is -0.157. The van der Waals surface area contributed by atoms with E-state index in [2.05, 4.69) is 26.1 Å². The van der Waals surface area contributed by atoms with Crippen LogP contribution in [-0.2, 0) is 28.7 Å². The zero-order chi connectivity index (χ0) is 47.5. The molecule has 0 spiro atoms. The van der Waals surface area contributed by atoms with Crippen LogP contribution in [-0.4, -0.2) is 59.2 Å². The summed E-state index contributed by atoms with van der Waals surface area (Å²) in [5.41, 5.74) is 0. The minimum atomic E-state index is -1.08. The van der Waals surface area contributed by atoms with Gasteiger partial charge < -0.3 is 19.9 Å². The molecule has 0 saturated heterocycles. The second-order valence-corrected chi connectivity index (χ2v) is 20.6. The van der Waals surface area contributed by atoms with Crippen molar-refractivity contribution >= 4 is 35.6 Å². The first-order valence-electron chi connectivity index (χ1n) is 28.3. The van der Waals surface area contributed by atoms with Gasteiger partial charge in [-0.2, -0.15) is 11.8 Å². The lowest BCUT2D eigenvalue weighted by atomic mass is 10.0. The van der Waals surface area contributed by atoms with Gasteiger partial charge in [0, 0.05) is 30.8 Å². The molecule has 0 aromatic heterocycles. The summed E-state index contributed by atoms with van der Waals surface area (Å²) in [6.07, 6.45) is 51.2. The van der Waals surface area contributed by atoms with Crippen molar-refractivity contribution in [1.82, 2.24) is 5.32 Å². The molecule has 0 unspecified atom stereocenters. The van der Waals surface area contributed by atoms with Crippen molar-refractivity contribution in [3.05, 3.63) is 0 Å². The molecule has 0 heterocycles. The van der Waals surface area contributed by atoms with E-state index in [1.807, 2.05) is 0 Å². The molecule has 9 heteroatoms. The quantitative estimate of drug-likeness (QED) is 0.0457. The van der Waals surface area contributed by atoms with Gasteiger partial charge in [-0.05, 0) is 19.3 Å². The number of aliphatic carboxylic acids is 1. The van der Waals surface area contributed by atoms with Crippen LogP contribution in [0, 0.1) is 0 Å². The van der Waals surface area contributed by atoms with Gasteiger partial charge in [0.2, 0.25) is 5.91 Å². The maximum absolute atomic E-state index is 12.9. The second-order valence-electron chi connectivity index (χ2n) is 19.5. The van der Waals surface area contributed by atoms with Crippen molar-refractivity contribution in [2.75, 3.05) is 18.1 Å². The summed E-state index contributed by atoms with van der Waals surface area (Å²) < 4.78 is 11.4. The van der Waals surface area contributed by atoms with Crippen LogP contribution in [0.2, 0.25) is 0 Å². The first-order valence-corrected chi connectivity index (χ1v) is 29.4. The first kappa shape index (κ1) is 63.2. The predicted molar refractivity (Wildman–Crippen MR) is 278 cm³/mol. The van der Waals surface area contributed by atoms with Crippen LogP contribution in [0.4, 0.5) is 0 Å². The Morgan fingerprint density at radius 3 is 1.02 bits per heavy atom. The number of carboxylic acids is 1. The molecule has 384 valence electrons. The smallest absolute Gasteiger partial charge is 0.327 e. The maximum Gasteiger partial charge on any atom is 0.327 e. The van der Waals surface area contributed by atoms with E-state index in [1.165, 1.54) is 217 Å². The van der Waals surface area contributed by atoms with Crippen LogP contribution in [0.5, 0.6) is 0 Å². The maximum atomic E-state index is 12.9. The number of ether oxygens (including phenoxy) is 2. The second kappa shape index (κ2) is 51.6. The van der Waals surface area contributed by atoms with Crippen molar-refractivity contribution in [1.29, 1.82) is 0 Å².